The molecule has 0 saturated heterocycles. The van der Waals surface area contributed by atoms with E-state index in [1.54, 1.807) is 12.1 Å². The number of alkyl halides is 3. The molecule has 0 bridgehead atoms. The molecule has 1 N–H and O–H groups in total. The summed E-state index contributed by atoms with van der Waals surface area (Å²) in [6, 6.07) is 14.5. The lowest BCUT2D eigenvalue weighted by Crippen LogP contribution is -2.32. The predicted octanol–water partition coefficient (Wildman–Crippen LogP) is 3.47. The van der Waals surface area contributed by atoms with Gasteiger partial charge in [0.2, 0.25) is 0 Å². The Labute approximate surface area is 194 Å². The van der Waals surface area contributed by atoms with E-state index in [4.69, 9.17) is 14.2 Å². The fraction of sp³-hybridized carbons (Fsp3) is 0.348. The maximum absolute atomic E-state index is 12.9. The van der Waals surface area contributed by atoms with Gasteiger partial charge in [0.05, 0.1) is 27.0 Å². The van der Waals surface area contributed by atoms with Crippen molar-refractivity contribution < 1.29 is 32.2 Å². The van der Waals surface area contributed by atoms with E-state index >= 15 is 0 Å². The molecule has 0 spiro atoms. The molecule has 0 fully saturated rings. The summed E-state index contributed by atoms with van der Waals surface area (Å²) in [7, 11) is 3.07. The zero-order valence-electron chi connectivity index (χ0n) is 18.7. The quantitative estimate of drug-likeness (QED) is 0.454. The van der Waals surface area contributed by atoms with Crippen LogP contribution in [0, 0.1) is 0 Å². The second-order valence-corrected chi connectivity index (χ2v) is 7.36. The number of amides is 1. The minimum atomic E-state index is -4.47. The number of carbonyl (C=O) groups is 1. The lowest BCUT2D eigenvalue weighted by atomic mass is 10.1. The third kappa shape index (κ3) is 7.20. The first-order chi connectivity index (χ1) is 16.3. The van der Waals surface area contributed by atoms with Crippen LogP contribution in [0.15, 0.2) is 54.7 Å². The van der Waals surface area contributed by atoms with Crippen molar-refractivity contribution in [1.82, 2.24) is 20.3 Å². The van der Waals surface area contributed by atoms with E-state index in [0.29, 0.717) is 22.6 Å². The van der Waals surface area contributed by atoms with Gasteiger partial charge in [0, 0.05) is 6.54 Å². The molecule has 1 atom stereocenters. The molecule has 11 heteroatoms. The summed E-state index contributed by atoms with van der Waals surface area (Å²) in [5, 5.41) is 9.98. The van der Waals surface area contributed by atoms with E-state index in [9.17, 15) is 18.0 Å². The number of nitrogens with one attached hydrogen (secondary N) is 1. The molecule has 34 heavy (non-hydrogen) atoms. The van der Waals surface area contributed by atoms with Gasteiger partial charge in [0.1, 0.15) is 12.2 Å². The van der Waals surface area contributed by atoms with Gasteiger partial charge in [-0.25, -0.2) is 4.68 Å². The molecule has 2 aromatic carbocycles. The van der Waals surface area contributed by atoms with E-state index in [-0.39, 0.29) is 18.8 Å². The Balaban J connectivity index is 1.67. The molecule has 3 aromatic rings. The van der Waals surface area contributed by atoms with Gasteiger partial charge in [-0.1, -0.05) is 41.6 Å². The first-order valence-electron chi connectivity index (χ1n) is 10.4. The molecule has 8 nitrogen and oxygen atoms in total. The summed E-state index contributed by atoms with van der Waals surface area (Å²) < 4.78 is 54.9. The monoisotopic (exact) mass is 478 g/mol. The maximum atomic E-state index is 12.9. The van der Waals surface area contributed by atoms with E-state index in [1.807, 2.05) is 36.4 Å². The van der Waals surface area contributed by atoms with Crippen molar-refractivity contribution in [1.29, 1.82) is 0 Å². The third-order valence-electron chi connectivity index (χ3n) is 4.82. The fourth-order valence-electron chi connectivity index (χ4n) is 3.20. The number of aromatic nitrogens is 3. The van der Waals surface area contributed by atoms with Gasteiger partial charge in [-0.15, -0.1) is 5.10 Å². The van der Waals surface area contributed by atoms with Gasteiger partial charge in [-0.2, -0.15) is 13.2 Å². The van der Waals surface area contributed by atoms with Crippen molar-refractivity contribution in [3.8, 4) is 11.5 Å². The second-order valence-electron chi connectivity index (χ2n) is 7.36. The highest BCUT2D eigenvalue weighted by molar-refractivity contribution is 5.81. The summed E-state index contributed by atoms with van der Waals surface area (Å²) >= 11 is 0. The molecule has 1 unspecified atom stereocenters. The number of carbonyl (C=O) groups excluding carboxylic acids is 1. The molecule has 0 aliphatic heterocycles. The number of hydrogen-bond acceptors (Lipinski definition) is 6. The van der Waals surface area contributed by atoms with E-state index in [2.05, 4.69) is 15.6 Å². The average Bonchev–Trinajstić information content (AvgIpc) is 3.26. The van der Waals surface area contributed by atoms with E-state index in [0.717, 1.165) is 17.3 Å². The van der Waals surface area contributed by atoms with Crippen LogP contribution in [0.3, 0.4) is 0 Å². The van der Waals surface area contributed by atoms with Gasteiger partial charge in [0.25, 0.3) is 5.91 Å². The first kappa shape index (κ1) is 25.0. The molecule has 1 amide bonds. The van der Waals surface area contributed by atoms with Crippen molar-refractivity contribution in [3.05, 3.63) is 71.5 Å². The number of hydrogen-bond donors (Lipinski definition) is 1. The molecule has 0 aliphatic carbocycles. The molecular formula is C23H25F3N4O4. The van der Waals surface area contributed by atoms with Crippen molar-refractivity contribution in [2.24, 2.45) is 0 Å². The molecule has 0 radical (unpaired) electrons. The van der Waals surface area contributed by atoms with Crippen molar-refractivity contribution >= 4 is 5.91 Å². The van der Waals surface area contributed by atoms with Crippen molar-refractivity contribution in [2.45, 2.75) is 31.9 Å². The standard InChI is InChI=1S/C23H25F3N4O4/c1-32-19-9-8-16(12-20(19)33-2)10-11-27-22(31)21(34-14-17-6-4-3-5-7-17)18-13-30(29-28-18)15-23(24,25)26/h3-9,12-13,21H,10-11,14-15H2,1-2H3,(H,27,31). The van der Waals surface area contributed by atoms with Crippen LogP contribution in [0.4, 0.5) is 13.2 Å². The fourth-order valence-corrected chi connectivity index (χ4v) is 3.20. The lowest BCUT2D eigenvalue weighted by Gasteiger charge is -2.16. The molecule has 0 saturated carbocycles. The van der Waals surface area contributed by atoms with E-state index < -0.39 is 24.7 Å². The zero-order chi connectivity index (χ0) is 24.6. The second kappa shape index (κ2) is 11.5. The summed E-state index contributed by atoms with van der Waals surface area (Å²) in [5.41, 5.74) is 1.69. The Bertz CT molecular complexity index is 1070. The number of nitrogens with zero attached hydrogens (tertiary/aromatic N) is 3. The molecule has 0 aliphatic rings. The normalized spacial score (nSPS) is 12.3. The average molecular weight is 478 g/mol. The Kier molecular flexibility index (Phi) is 8.47. The predicted molar refractivity (Wildman–Crippen MR) is 116 cm³/mol. The summed E-state index contributed by atoms with van der Waals surface area (Å²) in [4.78, 5) is 12.9. The van der Waals surface area contributed by atoms with Crippen LogP contribution < -0.4 is 14.8 Å². The lowest BCUT2D eigenvalue weighted by molar-refractivity contribution is -0.142. The van der Waals surface area contributed by atoms with Crippen LogP contribution in [0.2, 0.25) is 0 Å². The van der Waals surface area contributed by atoms with Crippen LogP contribution in [-0.2, 0) is 29.1 Å². The highest BCUT2D eigenvalue weighted by atomic mass is 19.4. The van der Waals surface area contributed by atoms with Crippen LogP contribution in [-0.4, -0.2) is 47.8 Å². The van der Waals surface area contributed by atoms with Crippen LogP contribution in [0.25, 0.3) is 0 Å². The van der Waals surface area contributed by atoms with Gasteiger partial charge >= 0.3 is 6.18 Å². The van der Waals surface area contributed by atoms with Gasteiger partial charge < -0.3 is 19.5 Å². The van der Waals surface area contributed by atoms with Gasteiger partial charge in [-0.05, 0) is 29.7 Å². The number of halogens is 3. The molecule has 1 aromatic heterocycles. The molecule has 3 rings (SSSR count). The maximum Gasteiger partial charge on any atom is 0.408 e. The highest BCUT2D eigenvalue weighted by Gasteiger charge is 2.30. The van der Waals surface area contributed by atoms with Crippen LogP contribution in [0.1, 0.15) is 22.9 Å². The smallest absolute Gasteiger partial charge is 0.408 e. The number of methoxy groups -OCH3 is 2. The first-order valence-corrected chi connectivity index (χ1v) is 10.4. The number of benzene rings is 2. The Hall–Kier alpha value is -3.60. The number of ether oxygens (including phenoxy) is 3. The third-order valence-corrected chi connectivity index (χ3v) is 4.82. The summed E-state index contributed by atoms with van der Waals surface area (Å²) in [6.07, 6.45) is -4.14. The van der Waals surface area contributed by atoms with Crippen molar-refractivity contribution in [3.63, 3.8) is 0 Å². The summed E-state index contributed by atoms with van der Waals surface area (Å²) in [6.45, 7) is -0.983. The Morgan fingerprint density at radius 3 is 2.47 bits per heavy atom. The van der Waals surface area contributed by atoms with Gasteiger partial charge in [0.15, 0.2) is 17.6 Å². The topological polar surface area (TPSA) is 87.5 Å². The molecular weight excluding hydrogens is 453 g/mol. The minimum Gasteiger partial charge on any atom is -0.493 e. The van der Waals surface area contributed by atoms with Crippen molar-refractivity contribution in [2.75, 3.05) is 20.8 Å². The van der Waals surface area contributed by atoms with Gasteiger partial charge in [-0.3, -0.25) is 4.79 Å². The van der Waals surface area contributed by atoms with E-state index in [1.165, 1.54) is 14.2 Å². The zero-order valence-corrected chi connectivity index (χ0v) is 18.7. The Morgan fingerprint density at radius 2 is 1.79 bits per heavy atom. The largest absolute Gasteiger partial charge is 0.493 e. The SMILES string of the molecule is COc1ccc(CCNC(=O)C(OCc2ccccc2)c2cn(CC(F)(F)F)nn2)cc1OC. The Morgan fingerprint density at radius 1 is 1.06 bits per heavy atom. The minimum absolute atomic E-state index is 0.0104. The molecule has 1 heterocycles. The van der Waals surface area contributed by atoms with Crippen LogP contribution in [0.5, 0.6) is 11.5 Å². The molecule has 182 valence electrons. The van der Waals surface area contributed by atoms with Crippen LogP contribution >= 0.6 is 0 Å². The highest BCUT2D eigenvalue weighted by Crippen LogP contribution is 2.27. The number of rotatable bonds is 11. The summed E-state index contributed by atoms with van der Waals surface area (Å²) in [5.74, 6) is 0.624.